The molecule has 3 heteroatoms. The predicted molar refractivity (Wildman–Crippen MR) is 55.6 cm³/mol. The Morgan fingerprint density at radius 2 is 2.13 bits per heavy atom. The van der Waals surface area contributed by atoms with Crippen molar-refractivity contribution in [3.63, 3.8) is 0 Å². The van der Waals surface area contributed by atoms with E-state index in [4.69, 9.17) is 5.11 Å². The Balaban J connectivity index is 2.37. The van der Waals surface area contributed by atoms with E-state index in [0.717, 1.165) is 11.1 Å². The molecular weight excluding hydrogens is 192 g/mol. The molecule has 0 aliphatic heterocycles. The Labute approximate surface area is 88.4 Å². The lowest BCUT2D eigenvalue weighted by atomic mass is 9.93. The molecule has 15 heavy (non-hydrogen) atoms. The lowest BCUT2D eigenvalue weighted by Crippen LogP contribution is -2.19. The maximum Gasteiger partial charge on any atom is 0.314 e. The third-order valence-electron chi connectivity index (χ3n) is 3.08. The van der Waals surface area contributed by atoms with E-state index in [0.29, 0.717) is 12.8 Å². The summed E-state index contributed by atoms with van der Waals surface area (Å²) in [7, 11) is 0. The quantitative estimate of drug-likeness (QED) is 0.793. The molecule has 80 valence electrons. The lowest BCUT2D eigenvalue weighted by Gasteiger charge is -2.12. The fourth-order valence-corrected chi connectivity index (χ4v) is 1.85. The van der Waals surface area contributed by atoms with Gasteiger partial charge in [-0.1, -0.05) is 24.3 Å². The minimum Gasteiger partial charge on any atom is -0.481 e. The summed E-state index contributed by atoms with van der Waals surface area (Å²) in [5.74, 6) is -0.759. The minimum atomic E-state index is -0.759. The number of hydrogen-bond donors (Lipinski definition) is 2. The molecule has 0 bridgehead atoms. The smallest absolute Gasteiger partial charge is 0.314 e. The molecule has 0 heterocycles. The molecule has 1 atom stereocenters. The maximum atomic E-state index is 11.1. The zero-order chi connectivity index (χ0) is 11.1. The number of carboxylic acids is 1. The van der Waals surface area contributed by atoms with Crippen LogP contribution in [0.2, 0.25) is 0 Å². The average molecular weight is 206 g/mol. The molecule has 2 N–H and O–H groups in total. The molecule has 3 nitrogen and oxygen atoms in total. The highest BCUT2D eigenvalue weighted by molar-refractivity contribution is 5.84. The number of aliphatic hydroxyl groups is 1. The highest BCUT2D eigenvalue weighted by Gasteiger charge is 2.51. The predicted octanol–water partition coefficient (Wildman–Crippen LogP) is 1.86. The van der Waals surface area contributed by atoms with Gasteiger partial charge in [0.2, 0.25) is 0 Å². The summed E-state index contributed by atoms with van der Waals surface area (Å²) >= 11 is 0. The summed E-state index contributed by atoms with van der Waals surface area (Å²) in [4.78, 5) is 11.1. The molecule has 0 radical (unpaired) electrons. The second-order valence-corrected chi connectivity index (χ2v) is 4.19. The summed E-state index contributed by atoms with van der Waals surface area (Å²) in [6.45, 7) is 1.68. The summed E-state index contributed by atoms with van der Waals surface area (Å²) in [5.41, 5.74) is 0.915. The van der Waals surface area contributed by atoms with Crippen molar-refractivity contribution in [3.05, 3.63) is 35.4 Å². The van der Waals surface area contributed by atoms with Gasteiger partial charge in [-0.05, 0) is 30.9 Å². The Hall–Kier alpha value is -1.35. The standard InChI is InChI=1S/C12H14O3/c1-8(13)9-3-2-4-10(7-9)12(5-6-12)11(14)15/h2-4,7-8,13H,5-6H2,1H3,(H,14,15). The van der Waals surface area contributed by atoms with E-state index in [9.17, 15) is 9.90 Å². The fourth-order valence-electron chi connectivity index (χ4n) is 1.85. The van der Waals surface area contributed by atoms with E-state index in [1.165, 1.54) is 0 Å². The third kappa shape index (κ3) is 1.63. The van der Waals surface area contributed by atoms with Crippen LogP contribution in [0.5, 0.6) is 0 Å². The number of aliphatic carboxylic acids is 1. The van der Waals surface area contributed by atoms with Crippen LogP contribution < -0.4 is 0 Å². The molecule has 1 aromatic carbocycles. The van der Waals surface area contributed by atoms with Crippen LogP contribution in [0.15, 0.2) is 24.3 Å². The SMILES string of the molecule is CC(O)c1cccc(C2(C(=O)O)CC2)c1. The van der Waals surface area contributed by atoms with E-state index in [2.05, 4.69) is 0 Å². The van der Waals surface area contributed by atoms with Crippen LogP contribution in [0.3, 0.4) is 0 Å². The van der Waals surface area contributed by atoms with Gasteiger partial charge in [-0.2, -0.15) is 0 Å². The van der Waals surface area contributed by atoms with Crippen LogP contribution >= 0.6 is 0 Å². The van der Waals surface area contributed by atoms with Gasteiger partial charge in [0.1, 0.15) is 0 Å². The van der Waals surface area contributed by atoms with E-state index in [-0.39, 0.29) is 0 Å². The Kier molecular flexibility index (Phi) is 2.27. The van der Waals surface area contributed by atoms with Gasteiger partial charge >= 0.3 is 5.97 Å². The van der Waals surface area contributed by atoms with Gasteiger partial charge in [-0.3, -0.25) is 4.79 Å². The van der Waals surface area contributed by atoms with Crippen molar-refractivity contribution in [3.8, 4) is 0 Å². The molecule has 1 fully saturated rings. The van der Waals surface area contributed by atoms with Crippen molar-refractivity contribution < 1.29 is 15.0 Å². The summed E-state index contributed by atoms with van der Waals surface area (Å²) in [6.07, 6.45) is 0.853. The van der Waals surface area contributed by atoms with Gasteiger partial charge < -0.3 is 10.2 Å². The molecule has 0 amide bonds. The molecule has 2 rings (SSSR count). The molecule has 0 spiro atoms. The highest BCUT2D eigenvalue weighted by Crippen LogP contribution is 2.48. The normalized spacial score (nSPS) is 19.6. The largest absolute Gasteiger partial charge is 0.481 e. The van der Waals surface area contributed by atoms with E-state index in [1.807, 2.05) is 12.1 Å². The van der Waals surface area contributed by atoms with Gasteiger partial charge in [0.05, 0.1) is 11.5 Å². The van der Waals surface area contributed by atoms with Gasteiger partial charge in [0.15, 0.2) is 0 Å². The van der Waals surface area contributed by atoms with Crippen LogP contribution in [0, 0.1) is 0 Å². The molecule has 0 aromatic heterocycles. The summed E-state index contributed by atoms with van der Waals surface area (Å²) in [6, 6.07) is 7.24. The van der Waals surface area contributed by atoms with Crippen molar-refractivity contribution in [2.24, 2.45) is 0 Å². The fraction of sp³-hybridized carbons (Fsp3) is 0.417. The van der Waals surface area contributed by atoms with Gasteiger partial charge in [-0.15, -0.1) is 0 Å². The average Bonchev–Trinajstić information content (AvgIpc) is 2.98. The molecule has 0 saturated heterocycles. The first-order valence-electron chi connectivity index (χ1n) is 5.08. The third-order valence-corrected chi connectivity index (χ3v) is 3.08. The highest BCUT2D eigenvalue weighted by atomic mass is 16.4. The lowest BCUT2D eigenvalue weighted by molar-refractivity contribution is -0.140. The van der Waals surface area contributed by atoms with Crippen molar-refractivity contribution in [1.29, 1.82) is 0 Å². The topological polar surface area (TPSA) is 57.5 Å². The Morgan fingerprint density at radius 3 is 2.60 bits per heavy atom. The van der Waals surface area contributed by atoms with Crippen LogP contribution in [0.25, 0.3) is 0 Å². The molecule has 1 unspecified atom stereocenters. The molecular formula is C12H14O3. The van der Waals surface area contributed by atoms with Crippen LogP contribution in [0.1, 0.15) is 37.0 Å². The summed E-state index contributed by atoms with van der Waals surface area (Å²) in [5, 5.41) is 18.5. The Bertz CT molecular complexity index is 392. The second kappa shape index (κ2) is 3.35. The molecule has 1 aliphatic carbocycles. The Morgan fingerprint density at radius 1 is 1.47 bits per heavy atom. The van der Waals surface area contributed by atoms with Crippen molar-refractivity contribution in [1.82, 2.24) is 0 Å². The van der Waals surface area contributed by atoms with Crippen molar-refractivity contribution >= 4 is 5.97 Å². The van der Waals surface area contributed by atoms with Gasteiger partial charge in [0.25, 0.3) is 0 Å². The number of rotatable bonds is 3. The number of carboxylic acid groups (broad SMARTS) is 1. The first kappa shape index (κ1) is 10.2. The molecule has 1 saturated carbocycles. The van der Waals surface area contributed by atoms with Crippen LogP contribution in [-0.4, -0.2) is 16.2 Å². The van der Waals surface area contributed by atoms with Gasteiger partial charge in [0, 0.05) is 0 Å². The minimum absolute atomic E-state index is 0.547. The monoisotopic (exact) mass is 206 g/mol. The molecule has 1 aromatic rings. The van der Waals surface area contributed by atoms with Crippen LogP contribution in [-0.2, 0) is 10.2 Å². The second-order valence-electron chi connectivity index (χ2n) is 4.19. The van der Waals surface area contributed by atoms with Crippen molar-refractivity contribution in [2.75, 3.05) is 0 Å². The maximum absolute atomic E-state index is 11.1. The van der Waals surface area contributed by atoms with Gasteiger partial charge in [-0.25, -0.2) is 0 Å². The zero-order valence-corrected chi connectivity index (χ0v) is 8.60. The first-order valence-corrected chi connectivity index (χ1v) is 5.08. The number of carbonyl (C=O) groups is 1. The zero-order valence-electron chi connectivity index (χ0n) is 8.60. The number of aliphatic hydroxyl groups excluding tert-OH is 1. The first-order chi connectivity index (χ1) is 7.06. The van der Waals surface area contributed by atoms with E-state index in [1.54, 1.807) is 19.1 Å². The summed E-state index contributed by atoms with van der Waals surface area (Å²) < 4.78 is 0. The number of benzene rings is 1. The van der Waals surface area contributed by atoms with E-state index >= 15 is 0 Å². The van der Waals surface area contributed by atoms with E-state index < -0.39 is 17.5 Å². The van der Waals surface area contributed by atoms with Crippen molar-refractivity contribution in [2.45, 2.75) is 31.3 Å². The van der Waals surface area contributed by atoms with Crippen LogP contribution in [0.4, 0.5) is 0 Å². The molecule has 1 aliphatic rings. The number of hydrogen-bond acceptors (Lipinski definition) is 2.